The highest BCUT2D eigenvalue weighted by Gasteiger charge is 2.30. The number of nitrogens with zero attached hydrogens (tertiary/aromatic N) is 2. The number of ether oxygens (including phenoxy) is 1. The van der Waals surface area contributed by atoms with E-state index < -0.39 is 10.2 Å². The second-order valence-electron chi connectivity index (χ2n) is 6.88. The summed E-state index contributed by atoms with van der Waals surface area (Å²) >= 11 is 0. The van der Waals surface area contributed by atoms with Crippen molar-refractivity contribution in [3.63, 3.8) is 0 Å². The second-order valence-corrected chi connectivity index (χ2v) is 8.63. The van der Waals surface area contributed by atoms with Gasteiger partial charge in [-0.05, 0) is 52.1 Å². The minimum absolute atomic E-state index is 0.0461. The first-order valence-electron chi connectivity index (χ1n) is 8.49. The fourth-order valence-corrected chi connectivity index (χ4v) is 4.81. The van der Waals surface area contributed by atoms with Crippen LogP contribution in [-0.4, -0.2) is 69.1 Å². The first-order valence-corrected chi connectivity index (χ1v) is 9.93. The molecule has 1 N–H and O–H groups in total. The molecule has 22 heavy (non-hydrogen) atoms. The Labute approximate surface area is 135 Å². The molecule has 0 bridgehead atoms. The number of hydrogen-bond donors (Lipinski definition) is 1. The van der Waals surface area contributed by atoms with Crippen molar-refractivity contribution in [1.29, 1.82) is 0 Å². The number of morpholine rings is 1. The first-order chi connectivity index (χ1) is 10.4. The maximum Gasteiger partial charge on any atom is 0.279 e. The molecule has 0 radical (unpaired) electrons. The Morgan fingerprint density at radius 2 is 1.82 bits per heavy atom. The van der Waals surface area contributed by atoms with Gasteiger partial charge in [-0.25, -0.2) is 4.72 Å². The average molecular weight is 333 g/mol. The van der Waals surface area contributed by atoms with Gasteiger partial charge in [0, 0.05) is 26.2 Å². The van der Waals surface area contributed by atoms with E-state index in [0.717, 1.165) is 32.0 Å². The molecule has 2 heterocycles. The van der Waals surface area contributed by atoms with Crippen LogP contribution in [0, 0.1) is 5.92 Å². The van der Waals surface area contributed by atoms with Crippen molar-refractivity contribution >= 4 is 10.2 Å². The molecule has 130 valence electrons. The zero-order valence-electron chi connectivity index (χ0n) is 14.1. The van der Waals surface area contributed by atoms with Gasteiger partial charge in [-0.15, -0.1) is 0 Å². The van der Waals surface area contributed by atoms with Gasteiger partial charge in [-0.3, -0.25) is 0 Å². The van der Waals surface area contributed by atoms with Crippen LogP contribution in [0.3, 0.4) is 0 Å². The van der Waals surface area contributed by atoms with Crippen LogP contribution >= 0.6 is 0 Å². The molecule has 2 aliphatic rings. The Morgan fingerprint density at radius 1 is 1.14 bits per heavy atom. The van der Waals surface area contributed by atoms with Crippen molar-refractivity contribution in [3.05, 3.63) is 0 Å². The molecule has 0 aromatic rings. The van der Waals surface area contributed by atoms with E-state index in [0.29, 0.717) is 19.6 Å². The highest BCUT2D eigenvalue weighted by Crippen LogP contribution is 2.16. The Bertz CT molecular complexity index is 433. The largest absolute Gasteiger partial charge is 0.373 e. The normalized spacial score (nSPS) is 32.2. The molecule has 2 saturated heterocycles. The molecule has 2 aliphatic heterocycles. The van der Waals surface area contributed by atoms with E-state index in [4.69, 9.17) is 4.74 Å². The molecule has 7 heteroatoms. The molecule has 6 nitrogen and oxygen atoms in total. The third-order valence-corrected chi connectivity index (χ3v) is 5.95. The highest BCUT2D eigenvalue weighted by molar-refractivity contribution is 7.87. The summed E-state index contributed by atoms with van der Waals surface area (Å²) in [6.45, 7) is 10.8. The summed E-state index contributed by atoms with van der Waals surface area (Å²) in [7, 11) is -3.38. The van der Waals surface area contributed by atoms with Crippen molar-refractivity contribution in [2.45, 2.75) is 52.2 Å². The van der Waals surface area contributed by atoms with Gasteiger partial charge >= 0.3 is 0 Å². The van der Waals surface area contributed by atoms with Crippen LogP contribution in [0.15, 0.2) is 0 Å². The van der Waals surface area contributed by atoms with Gasteiger partial charge in [0.05, 0.1) is 12.2 Å². The Balaban J connectivity index is 1.71. The van der Waals surface area contributed by atoms with Gasteiger partial charge < -0.3 is 9.64 Å². The Morgan fingerprint density at radius 3 is 2.45 bits per heavy atom. The van der Waals surface area contributed by atoms with Crippen molar-refractivity contribution in [1.82, 2.24) is 13.9 Å². The number of piperidine rings is 1. The van der Waals surface area contributed by atoms with Crippen LogP contribution in [-0.2, 0) is 14.9 Å². The molecule has 0 amide bonds. The van der Waals surface area contributed by atoms with E-state index in [1.54, 1.807) is 0 Å². The summed E-state index contributed by atoms with van der Waals surface area (Å²) < 4.78 is 34.5. The summed E-state index contributed by atoms with van der Waals surface area (Å²) in [6, 6.07) is 0. The van der Waals surface area contributed by atoms with Crippen molar-refractivity contribution in [2.75, 3.05) is 39.3 Å². The highest BCUT2D eigenvalue weighted by atomic mass is 32.2. The molecule has 0 unspecified atom stereocenters. The van der Waals surface area contributed by atoms with E-state index in [9.17, 15) is 8.42 Å². The second kappa shape index (κ2) is 8.06. The molecule has 2 rings (SSSR count). The zero-order valence-corrected chi connectivity index (χ0v) is 14.9. The van der Waals surface area contributed by atoms with Gasteiger partial charge in [-0.1, -0.05) is 6.92 Å². The van der Waals surface area contributed by atoms with Gasteiger partial charge in [0.2, 0.25) is 0 Å². The molecule has 0 spiro atoms. The van der Waals surface area contributed by atoms with Crippen LogP contribution in [0.5, 0.6) is 0 Å². The standard InChI is InChI=1S/C15H31N3O3S/c1-13-6-4-8-17(10-13)9-5-7-16-22(19,20)18-11-14(2)21-15(3)12-18/h13-16H,4-12H2,1-3H3/t13-,14-,15+/m1/s1. The summed E-state index contributed by atoms with van der Waals surface area (Å²) in [5.41, 5.74) is 0. The van der Waals surface area contributed by atoms with Gasteiger partial charge in [0.25, 0.3) is 10.2 Å². The lowest BCUT2D eigenvalue weighted by molar-refractivity contribution is -0.0443. The summed E-state index contributed by atoms with van der Waals surface area (Å²) in [4.78, 5) is 2.45. The molecule has 0 aromatic heterocycles. The van der Waals surface area contributed by atoms with Crippen LogP contribution in [0.1, 0.15) is 40.0 Å². The van der Waals surface area contributed by atoms with Gasteiger partial charge in [0.1, 0.15) is 0 Å². The first kappa shape index (κ1) is 18.1. The van der Waals surface area contributed by atoms with Crippen molar-refractivity contribution < 1.29 is 13.2 Å². The SMILES string of the molecule is C[C@@H]1CCCN(CCCNS(=O)(=O)N2C[C@@H](C)O[C@@H](C)C2)C1. The predicted octanol–water partition coefficient (Wildman–Crippen LogP) is 1.05. The zero-order chi connectivity index (χ0) is 16.2. The Kier molecular flexibility index (Phi) is 6.64. The fourth-order valence-electron chi connectivity index (χ4n) is 3.41. The minimum Gasteiger partial charge on any atom is -0.373 e. The monoisotopic (exact) mass is 333 g/mol. The average Bonchev–Trinajstić information content (AvgIpc) is 2.43. The molecular formula is C15H31N3O3S. The number of nitrogens with one attached hydrogen (secondary N) is 1. The summed E-state index contributed by atoms with van der Waals surface area (Å²) in [5.74, 6) is 0.766. The van der Waals surface area contributed by atoms with E-state index >= 15 is 0 Å². The lowest BCUT2D eigenvalue weighted by Gasteiger charge is -2.34. The molecular weight excluding hydrogens is 302 g/mol. The fraction of sp³-hybridized carbons (Fsp3) is 1.00. The molecule has 0 aromatic carbocycles. The van der Waals surface area contributed by atoms with Crippen molar-refractivity contribution in [3.8, 4) is 0 Å². The van der Waals surface area contributed by atoms with Crippen LogP contribution in [0.2, 0.25) is 0 Å². The molecule has 0 saturated carbocycles. The third kappa shape index (κ3) is 5.45. The summed E-state index contributed by atoms with van der Waals surface area (Å²) in [6.07, 6.45) is 3.35. The van der Waals surface area contributed by atoms with Crippen LogP contribution < -0.4 is 4.72 Å². The topological polar surface area (TPSA) is 61.9 Å². The number of likely N-dealkylation sites (tertiary alicyclic amines) is 1. The van der Waals surface area contributed by atoms with Gasteiger partial charge in [0.15, 0.2) is 0 Å². The summed E-state index contributed by atoms with van der Waals surface area (Å²) in [5, 5.41) is 0. The van der Waals surface area contributed by atoms with Gasteiger partial charge in [-0.2, -0.15) is 12.7 Å². The van der Waals surface area contributed by atoms with E-state index in [-0.39, 0.29) is 12.2 Å². The lowest BCUT2D eigenvalue weighted by atomic mass is 10.0. The Hall–Kier alpha value is -0.210. The quantitative estimate of drug-likeness (QED) is 0.738. The molecule has 2 fully saturated rings. The molecule has 3 atom stereocenters. The third-order valence-electron chi connectivity index (χ3n) is 4.40. The lowest BCUT2D eigenvalue weighted by Crippen LogP contribution is -2.52. The van der Waals surface area contributed by atoms with E-state index in [1.807, 2.05) is 13.8 Å². The smallest absolute Gasteiger partial charge is 0.279 e. The van der Waals surface area contributed by atoms with Crippen molar-refractivity contribution in [2.24, 2.45) is 5.92 Å². The van der Waals surface area contributed by atoms with E-state index in [1.165, 1.54) is 17.1 Å². The maximum absolute atomic E-state index is 12.3. The number of rotatable bonds is 6. The minimum atomic E-state index is -3.38. The maximum atomic E-state index is 12.3. The van der Waals surface area contributed by atoms with Crippen LogP contribution in [0.4, 0.5) is 0 Å². The molecule has 0 aliphatic carbocycles. The number of hydrogen-bond acceptors (Lipinski definition) is 4. The predicted molar refractivity (Wildman–Crippen MR) is 88.0 cm³/mol. The van der Waals surface area contributed by atoms with E-state index in [2.05, 4.69) is 16.5 Å². The van der Waals surface area contributed by atoms with Crippen LogP contribution in [0.25, 0.3) is 0 Å².